The van der Waals surface area contributed by atoms with Crippen molar-refractivity contribution in [1.29, 1.82) is 0 Å². The summed E-state index contributed by atoms with van der Waals surface area (Å²) in [6.07, 6.45) is 5.55. The van der Waals surface area contributed by atoms with Gasteiger partial charge in [0.1, 0.15) is 12.2 Å². The quantitative estimate of drug-likeness (QED) is 0.839. The average molecular weight is 357 g/mol. The molecule has 21 heavy (non-hydrogen) atoms. The largest absolute Gasteiger partial charge is 0.467 e. The molecule has 0 aromatic carbocycles. The molecule has 0 radical (unpaired) electrons. The zero-order chi connectivity index (χ0) is 15.1. The highest BCUT2D eigenvalue weighted by Crippen LogP contribution is 2.35. The van der Waals surface area contributed by atoms with Crippen LogP contribution in [0.25, 0.3) is 0 Å². The maximum atomic E-state index is 11.4. The Bertz CT molecular complexity index is 456. The number of methoxy groups -OCH3 is 1. The molecule has 0 spiro atoms. The van der Waals surface area contributed by atoms with Gasteiger partial charge in [-0.2, -0.15) is 0 Å². The monoisotopic (exact) mass is 356 g/mol. The van der Waals surface area contributed by atoms with E-state index in [2.05, 4.69) is 31.0 Å². The van der Waals surface area contributed by atoms with Crippen molar-refractivity contribution in [2.45, 2.75) is 31.3 Å². The Balaban J connectivity index is 2.22. The third-order valence-electron chi connectivity index (χ3n) is 3.78. The lowest BCUT2D eigenvalue weighted by Gasteiger charge is -2.35. The number of hydrogen-bond donors (Lipinski definition) is 1. The van der Waals surface area contributed by atoms with Crippen molar-refractivity contribution < 1.29 is 14.3 Å². The summed E-state index contributed by atoms with van der Waals surface area (Å²) in [5.41, 5.74) is 0.348. The van der Waals surface area contributed by atoms with Crippen LogP contribution in [0.1, 0.15) is 31.4 Å². The number of esters is 1. The van der Waals surface area contributed by atoms with E-state index in [4.69, 9.17) is 4.74 Å². The average Bonchev–Trinajstić information content (AvgIpc) is 2.47. The molecular formula is C15H21BrN2O3. The number of nitrogens with zero attached hydrogens (tertiary/aromatic N) is 1. The highest BCUT2D eigenvalue weighted by molar-refractivity contribution is 9.10. The summed E-state index contributed by atoms with van der Waals surface area (Å²) in [4.78, 5) is 15.9. The third kappa shape index (κ3) is 4.49. The molecular weight excluding hydrogens is 336 g/mol. The van der Waals surface area contributed by atoms with E-state index >= 15 is 0 Å². The first-order chi connectivity index (χ1) is 10.2. The number of halogens is 1. The minimum Gasteiger partial charge on any atom is -0.467 e. The lowest BCUT2D eigenvalue weighted by atomic mass is 9.87. The Morgan fingerprint density at radius 2 is 2.24 bits per heavy atom. The van der Waals surface area contributed by atoms with Crippen LogP contribution in [0.3, 0.4) is 0 Å². The van der Waals surface area contributed by atoms with Crippen LogP contribution in [0, 0.1) is 0 Å². The molecule has 1 aromatic heterocycles. The Morgan fingerprint density at radius 1 is 1.38 bits per heavy atom. The van der Waals surface area contributed by atoms with E-state index in [1.165, 1.54) is 7.11 Å². The number of carbonyl (C=O) groups excluding carboxylic acids is 1. The second-order valence-electron chi connectivity index (χ2n) is 5.18. The molecule has 0 amide bonds. The SMILES string of the molecule is COC(=O)COC1(c2ccc(Br)cn2)CCCCNCC1. The molecule has 2 rings (SSSR count). The number of hydrogen-bond acceptors (Lipinski definition) is 5. The van der Waals surface area contributed by atoms with Crippen LogP contribution in [0.5, 0.6) is 0 Å². The van der Waals surface area contributed by atoms with Crippen molar-refractivity contribution >= 4 is 21.9 Å². The fourth-order valence-electron chi connectivity index (χ4n) is 2.58. The zero-order valence-corrected chi connectivity index (χ0v) is 13.8. The normalized spacial score (nSPS) is 23.1. The van der Waals surface area contributed by atoms with E-state index in [0.29, 0.717) is 0 Å². The van der Waals surface area contributed by atoms with E-state index in [-0.39, 0.29) is 12.6 Å². The van der Waals surface area contributed by atoms with Crippen molar-refractivity contribution in [1.82, 2.24) is 10.3 Å². The summed E-state index contributed by atoms with van der Waals surface area (Å²) in [6.45, 7) is 1.83. The Hall–Kier alpha value is -0.980. The van der Waals surface area contributed by atoms with Crippen molar-refractivity contribution in [2.24, 2.45) is 0 Å². The molecule has 0 aliphatic carbocycles. The van der Waals surface area contributed by atoms with E-state index in [1.54, 1.807) is 6.20 Å². The van der Waals surface area contributed by atoms with Crippen molar-refractivity contribution in [3.05, 3.63) is 28.5 Å². The van der Waals surface area contributed by atoms with Crippen LogP contribution in [0.4, 0.5) is 0 Å². The summed E-state index contributed by atoms with van der Waals surface area (Å²) in [5, 5.41) is 3.39. The predicted molar refractivity (Wildman–Crippen MR) is 82.9 cm³/mol. The maximum Gasteiger partial charge on any atom is 0.331 e. The van der Waals surface area contributed by atoms with Gasteiger partial charge in [0.15, 0.2) is 0 Å². The summed E-state index contributed by atoms with van der Waals surface area (Å²) in [7, 11) is 1.37. The molecule has 0 saturated carbocycles. The van der Waals surface area contributed by atoms with E-state index in [1.807, 2.05) is 12.1 Å². The van der Waals surface area contributed by atoms with E-state index < -0.39 is 5.60 Å². The lowest BCUT2D eigenvalue weighted by molar-refractivity contribution is -0.156. The molecule has 0 bridgehead atoms. The maximum absolute atomic E-state index is 11.4. The van der Waals surface area contributed by atoms with Gasteiger partial charge >= 0.3 is 5.97 Å². The molecule has 1 atom stereocenters. The number of ether oxygens (including phenoxy) is 2. The fraction of sp³-hybridized carbons (Fsp3) is 0.600. The van der Waals surface area contributed by atoms with Gasteiger partial charge in [0.05, 0.1) is 12.8 Å². The minimum atomic E-state index is -0.525. The van der Waals surface area contributed by atoms with Crippen LogP contribution in [0.2, 0.25) is 0 Å². The molecule has 116 valence electrons. The fourth-order valence-corrected chi connectivity index (χ4v) is 2.81. The molecule has 1 unspecified atom stereocenters. The van der Waals surface area contributed by atoms with Gasteiger partial charge in [0, 0.05) is 10.7 Å². The van der Waals surface area contributed by atoms with Crippen LogP contribution in [-0.4, -0.2) is 37.8 Å². The van der Waals surface area contributed by atoms with Crippen molar-refractivity contribution in [3.8, 4) is 0 Å². The Morgan fingerprint density at radius 3 is 2.95 bits per heavy atom. The summed E-state index contributed by atoms with van der Waals surface area (Å²) in [6, 6.07) is 3.92. The lowest BCUT2D eigenvalue weighted by Crippen LogP contribution is -2.38. The number of aromatic nitrogens is 1. The minimum absolute atomic E-state index is 0.0474. The first-order valence-electron chi connectivity index (χ1n) is 7.20. The van der Waals surface area contributed by atoms with Crippen LogP contribution >= 0.6 is 15.9 Å². The van der Waals surface area contributed by atoms with Gasteiger partial charge < -0.3 is 14.8 Å². The van der Waals surface area contributed by atoms with Gasteiger partial charge in [-0.15, -0.1) is 0 Å². The number of nitrogens with one attached hydrogen (secondary N) is 1. The number of pyridine rings is 1. The van der Waals surface area contributed by atoms with E-state index in [9.17, 15) is 4.79 Å². The van der Waals surface area contributed by atoms with Gasteiger partial charge in [-0.3, -0.25) is 4.98 Å². The smallest absolute Gasteiger partial charge is 0.331 e. The summed E-state index contributed by atoms with van der Waals surface area (Å²) < 4.78 is 11.6. The van der Waals surface area contributed by atoms with E-state index in [0.717, 1.165) is 48.9 Å². The van der Waals surface area contributed by atoms with Gasteiger partial charge in [-0.1, -0.05) is 0 Å². The first-order valence-corrected chi connectivity index (χ1v) is 7.99. The molecule has 1 fully saturated rings. The molecule has 5 nitrogen and oxygen atoms in total. The molecule has 1 saturated heterocycles. The third-order valence-corrected chi connectivity index (χ3v) is 4.25. The predicted octanol–water partition coefficient (Wildman–Crippen LogP) is 2.39. The highest BCUT2D eigenvalue weighted by Gasteiger charge is 2.35. The van der Waals surface area contributed by atoms with Gasteiger partial charge in [0.2, 0.25) is 0 Å². The summed E-state index contributed by atoms with van der Waals surface area (Å²) >= 11 is 3.40. The van der Waals surface area contributed by atoms with Gasteiger partial charge in [-0.05, 0) is 66.8 Å². The topological polar surface area (TPSA) is 60.5 Å². The molecule has 2 heterocycles. The van der Waals surface area contributed by atoms with Crippen molar-refractivity contribution in [3.63, 3.8) is 0 Å². The standard InChI is InChI=1S/C15H21BrN2O3/c1-20-14(19)11-21-15(6-2-3-8-17-9-7-15)13-5-4-12(16)10-18-13/h4-5,10,17H,2-3,6-9,11H2,1H3. The van der Waals surface area contributed by atoms with Crippen LogP contribution in [0.15, 0.2) is 22.8 Å². The Labute approximate surface area is 133 Å². The molecule has 1 N–H and O–H groups in total. The van der Waals surface area contributed by atoms with Gasteiger partial charge in [0.25, 0.3) is 0 Å². The first kappa shape index (κ1) is 16.4. The molecule has 1 aliphatic rings. The second kappa shape index (κ2) is 7.87. The Kier molecular flexibility index (Phi) is 6.14. The molecule has 1 aliphatic heterocycles. The molecule has 6 heteroatoms. The zero-order valence-electron chi connectivity index (χ0n) is 12.2. The number of rotatable bonds is 4. The molecule has 1 aromatic rings. The van der Waals surface area contributed by atoms with Gasteiger partial charge in [-0.25, -0.2) is 4.79 Å². The van der Waals surface area contributed by atoms with Crippen LogP contribution in [-0.2, 0) is 19.9 Å². The highest BCUT2D eigenvalue weighted by atomic mass is 79.9. The van der Waals surface area contributed by atoms with Crippen molar-refractivity contribution in [2.75, 3.05) is 26.8 Å². The van der Waals surface area contributed by atoms with Crippen LogP contribution < -0.4 is 5.32 Å². The number of carbonyl (C=O) groups is 1. The second-order valence-corrected chi connectivity index (χ2v) is 6.09. The summed E-state index contributed by atoms with van der Waals surface area (Å²) in [5.74, 6) is -0.360.